The van der Waals surface area contributed by atoms with E-state index in [0.717, 1.165) is 0 Å². The molecule has 0 saturated heterocycles. The van der Waals surface area contributed by atoms with E-state index in [-0.39, 0.29) is 30.5 Å². The molecule has 30 heavy (non-hydrogen) atoms. The lowest BCUT2D eigenvalue weighted by Crippen LogP contribution is -2.38. The summed E-state index contributed by atoms with van der Waals surface area (Å²) in [4.78, 5) is 38.2. The fourth-order valence-corrected chi connectivity index (χ4v) is 2.88. The predicted octanol–water partition coefficient (Wildman–Crippen LogP) is 2.47. The molecule has 1 heterocycles. The average molecular weight is 414 g/mol. The summed E-state index contributed by atoms with van der Waals surface area (Å²) >= 11 is 0. The van der Waals surface area contributed by atoms with E-state index < -0.39 is 17.8 Å². The lowest BCUT2D eigenvalue weighted by atomic mass is 10.1. The van der Waals surface area contributed by atoms with E-state index in [1.54, 1.807) is 24.3 Å². The van der Waals surface area contributed by atoms with Crippen molar-refractivity contribution in [3.05, 3.63) is 71.2 Å². The summed E-state index contributed by atoms with van der Waals surface area (Å²) in [7, 11) is 2.42. The molecule has 2 aromatic rings. The molecule has 8 nitrogen and oxygen atoms in total. The molecule has 0 aromatic heterocycles. The number of ether oxygens (including phenoxy) is 3. The van der Waals surface area contributed by atoms with Gasteiger partial charge in [-0.05, 0) is 48.5 Å². The topological polar surface area (TPSA) is 94.2 Å². The maximum atomic E-state index is 13.0. The molecule has 0 bridgehead atoms. The van der Waals surface area contributed by atoms with Crippen molar-refractivity contribution in [1.29, 1.82) is 0 Å². The minimum absolute atomic E-state index is 0.00600. The first-order valence-corrected chi connectivity index (χ1v) is 8.86. The quantitative estimate of drug-likeness (QED) is 0.751. The third-order valence-corrected chi connectivity index (χ3v) is 4.38. The van der Waals surface area contributed by atoms with E-state index in [1.165, 1.54) is 43.4 Å². The summed E-state index contributed by atoms with van der Waals surface area (Å²) in [6.07, 6.45) is 0. The molecule has 2 aromatic carbocycles. The Bertz CT molecular complexity index is 986. The monoisotopic (exact) mass is 414 g/mol. The second-order valence-electron chi connectivity index (χ2n) is 6.22. The molecule has 1 N–H and O–H groups in total. The zero-order chi connectivity index (χ0) is 21.7. The Balaban J connectivity index is 1.85. The first-order valence-electron chi connectivity index (χ1n) is 8.86. The van der Waals surface area contributed by atoms with Crippen LogP contribution in [0.4, 0.5) is 15.8 Å². The van der Waals surface area contributed by atoms with E-state index in [2.05, 4.69) is 5.32 Å². The van der Waals surface area contributed by atoms with Gasteiger partial charge in [0.2, 0.25) is 0 Å². The Morgan fingerprint density at radius 2 is 1.60 bits per heavy atom. The lowest BCUT2D eigenvalue weighted by Gasteiger charge is -2.31. The standard InChI is InChI=1S/C21H19FN2O6/c1-28-20(26)17-11-30-12-24(18(17)21(27)29-2)16-9-3-13(4-10-16)19(25)23-15-7-5-14(22)6-8-15/h3-10H,11-12H2,1-2H3,(H,23,25). The van der Waals surface area contributed by atoms with Gasteiger partial charge in [0, 0.05) is 16.9 Å². The van der Waals surface area contributed by atoms with Crippen molar-refractivity contribution < 1.29 is 33.0 Å². The number of carbonyl (C=O) groups excluding carboxylic acids is 3. The highest BCUT2D eigenvalue weighted by Crippen LogP contribution is 2.27. The molecule has 1 amide bonds. The van der Waals surface area contributed by atoms with Crippen LogP contribution in [0.25, 0.3) is 0 Å². The van der Waals surface area contributed by atoms with Crippen molar-refractivity contribution in [3.8, 4) is 0 Å². The van der Waals surface area contributed by atoms with Gasteiger partial charge in [-0.1, -0.05) is 0 Å². The molecule has 9 heteroatoms. The van der Waals surface area contributed by atoms with Crippen LogP contribution in [0.5, 0.6) is 0 Å². The van der Waals surface area contributed by atoms with Crippen LogP contribution in [-0.4, -0.2) is 45.4 Å². The summed E-state index contributed by atoms with van der Waals surface area (Å²) in [5, 5.41) is 2.66. The van der Waals surface area contributed by atoms with E-state index in [9.17, 15) is 18.8 Å². The SMILES string of the molecule is COC(=O)C1=C(C(=O)OC)N(c2ccc(C(=O)Nc3ccc(F)cc3)cc2)COC1. The highest BCUT2D eigenvalue weighted by molar-refractivity contribution is 6.05. The van der Waals surface area contributed by atoms with Crippen molar-refractivity contribution in [1.82, 2.24) is 0 Å². The maximum absolute atomic E-state index is 13.0. The summed E-state index contributed by atoms with van der Waals surface area (Å²) in [5.74, 6) is -2.20. The number of anilines is 2. The van der Waals surface area contributed by atoms with Gasteiger partial charge in [-0.3, -0.25) is 4.79 Å². The largest absolute Gasteiger partial charge is 0.466 e. The number of esters is 2. The number of nitrogens with one attached hydrogen (secondary N) is 1. The normalized spacial score (nSPS) is 13.6. The van der Waals surface area contributed by atoms with Crippen LogP contribution >= 0.6 is 0 Å². The van der Waals surface area contributed by atoms with Crippen LogP contribution in [0, 0.1) is 5.82 Å². The molecule has 0 saturated carbocycles. The number of methoxy groups -OCH3 is 2. The van der Waals surface area contributed by atoms with Crippen LogP contribution < -0.4 is 10.2 Å². The number of benzene rings is 2. The van der Waals surface area contributed by atoms with Crippen molar-refractivity contribution in [2.24, 2.45) is 0 Å². The molecule has 3 rings (SSSR count). The maximum Gasteiger partial charge on any atom is 0.355 e. The second kappa shape index (κ2) is 9.19. The molecule has 0 radical (unpaired) electrons. The van der Waals surface area contributed by atoms with Crippen molar-refractivity contribution in [2.45, 2.75) is 0 Å². The van der Waals surface area contributed by atoms with E-state index >= 15 is 0 Å². The van der Waals surface area contributed by atoms with Gasteiger partial charge in [0.25, 0.3) is 5.91 Å². The third kappa shape index (κ3) is 4.47. The van der Waals surface area contributed by atoms with Crippen LogP contribution in [-0.2, 0) is 23.8 Å². The Kier molecular flexibility index (Phi) is 6.43. The molecule has 1 aliphatic rings. The minimum atomic E-state index is -0.711. The molecular weight excluding hydrogens is 395 g/mol. The van der Waals surface area contributed by atoms with E-state index in [0.29, 0.717) is 16.9 Å². The molecular formula is C21H19FN2O6. The molecule has 0 unspecified atom stereocenters. The number of carbonyl (C=O) groups is 3. The van der Waals surface area contributed by atoms with Crippen molar-refractivity contribution in [2.75, 3.05) is 37.8 Å². The summed E-state index contributed by atoms with van der Waals surface area (Å²) in [6, 6.07) is 11.7. The van der Waals surface area contributed by atoms with Gasteiger partial charge < -0.3 is 24.4 Å². The number of hydrogen-bond acceptors (Lipinski definition) is 7. The van der Waals surface area contributed by atoms with Crippen LogP contribution in [0.1, 0.15) is 10.4 Å². The highest BCUT2D eigenvalue weighted by Gasteiger charge is 2.32. The molecule has 0 aliphatic carbocycles. The fourth-order valence-electron chi connectivity index (χ4n) is 2.88. The smallest absolute Gasteiger partial charge is 0.355 e. The van der Waals surface area contributed by atoms with E-state index in [1.807, 2.05) is 0 Å². The summed E-state index contributed by atoms with van der Waals surface area (Å²) in [5.41, 5.74) is 1.36. The van der Waals surface area contributed by atoms with Crippen LogP contribution in [0.3, 0.4) is 0 Å². The second-order valence-corrected chi connectivity index (χ2v) is 6.22. The van der Waals surface area contributed by atoms with Crippen molar-refractivity contribution >= 4 is 29.2 Å². The van der Waals surface area contributed by atoms with Gasteiger partial charge in [-0.15, -0.1) is 0 Å². The summed E-state index contributed by atoms with van der Waals surface area (Å²) in [6.45, 7) is -0.0855. The van der Waals surface area contributed by atoms with Gasteiger partial charge in [0.1, 0.15) is 18.2 Å². The molecule has 156 valence electrons. The fraction of sp³-hybridized carbons (Fsp3) is 0.190. The Morgan fingerprint density at radius 3 is 2.20 bits per heavy atom. The Hall–Kier alpha value is -3.72. The van der Waals surface area contributed by atoms with Gasteiger partial charge in [0.15, 0.2) is 0 Å². The zero-order valence-corrected chi connectivity index (χ0v) is 16.3. The number of hydrogen-bond donors (Lipinski definition) is 1. The minimum Gasteiger partial charge on any atom is -0.466 e. The zero-order valence-electron chi connectivity index (χ0n) is 16.3. The average Bonchev–Trinajstić information content (AvgIpc) is 2.79. The Morgan fingerprint density at radius 1 is 0.967 bits per heavy atom. The van der Waals surface area contributed by atoms with Crippen LogP contribution in [0.15, 0.2) is 59.8 Å². The molecule has 0 atom stereocenters. The van der Waals surface area contributed by atoms with E-state index in [4.69, 9.17) is 14.2 Å². The predicted molar refractivity (Wildman–Crippen MR) is 105 cm³/mol. The highest BCUT2D eigenvalue weighted by atomic mass is 19.1. The first kappa shape index (κ1) is 21.0. The molecule has 1 aliphatic heterocycles. The van der Waals surface area contributed by atoms with Gasteiger partial charge in [0.05, 0.1) is 26.4 Å². The number of rotatable bonds is 5. The van der Waals surface area contributed by atoms with Gasteiger partial charge in [-0.2, -0.15) is 0 Å². The Labute approximate surface area is 171 Å². The number of halogens is 1. The van der Waals surface area contributed by atoms with Crippen molar-refractivity contribution in [3.63, 3.8) is 0 Å². The lowest BCUT2D eigenvalue weighted by molar-refractivity contribution is -0.140. The number of nitrogens with zero attached hydrogens (tertiary/aromatic N) is 1. The van der Waals surface area contributed by atoms with Gasteiger partial charge >= 0.3 is 11.9 Å². The first-order chi connectivity index (χ1) is 14.4. The molecule has 0 fully saturated rings. The van der Waals surface area contributed by atoms with Crippen LogP contribution in [0.2, 0.25) is 0 Å². The van der Waals surface area contributed by atoms with Gasteiger partial charge in [-0.25, -0.2) is 14.0 Å². The number of amides is 1. The third-order valence-electron chi connectivity index (χ3n) is 4.38. The summed E-state index contributed by atoms with van der Waals surface area (Å²) < 4.78 is 27.9. The molecule has 0 spiro atoms.